The third-order valence-corrected chi connectivity index (χ3v) is 5.22. The number of aryl methyl sites for hydroxylation is 2. The van der Waals surface area contributed by atoms with E-state index in [9.17, 15) is 25.9 Å². The molecule has 6 nitrogen and oxygen atoms in total. The van der Waals surface area contributed by atoms with Gasteiger partial charge in [0.15, 0.2) is 0 Å². The second kappa shape index (κ2) is 13.5. The van der Waals surface area contributed by atoms with Crippen LogP contribution in [0.2, 0.25) is 0 Å². The Morgan fingerprint density at radius 2 is 1.10 bits per heavy atom. The number of rotatable bonds is 4. The van der Waals surface area contributed by atoms with Crippen LogP contribution in [0.5, 0.6) is 0 Å². The van der Waals surface area contributed by atoms with Crippen molar-refractivity contribution in [3.63, 3.8) is 0 Å². The molecule has 0 aliphatic carbocycles. The van der Waals surface area contributed by atoms with E-state index in [0.717, 1.165) is 0 Å². The van der Waals surface area contributed by atoms with Crippen LogP contribution in [0.15, 0.2) is 46.2 Å². The monoisotopic (exact) mass is 448 g/mol. The van der Waals surface area contributed by atoms with Crippen molar-refractivity contribution in [3.05, 3.63) is 47.5 Å². The van der Waals surface area contributed by atoms with Gasteiger partial charge in [0.2, 0.25) is 0 Å². The second-order valence-electron chi connectivity index (χ2n) is 5.13. The lowest BCUT2D eigenvalue weighted by Crippen LogP contribution is -2.06. The highest BCUT2D eigenvalue weighted by molar-refractivity contribution is 7.86. The van der Waals surface area contributed by atoms with Crippen LogP contribution >= 0.6 is 0 Å². The third kappa shape index (κ3) is 8.65. The van der Waals surface area contributed by atoms with Crippen molar-refractivity contribution in [2.75, 3.05) is 0 Å². The van der Waals surface area contributed by atoms with Gasteiger partial charge in [0, 0.05) is 11.1 Å². The SMILES string of the molecule is C.C.CC.CC.CCc1ccc(-c2ccc(C)cc2S(=O)(=O)O)c(S(=O)(=O)O)c1. The van der Waals surface area contributed by atoms with Crippen LogP contribution in [0.25, 0.3) is 11.1 Å². The Kier molecular flexibility index (Phi) is 14.8. The van der Waals surface area contributed by atoms with Gasteiger partial charge in [-0.05, 0) is 36.6 Å². The number of hydrogen-bond acceptors (Lipinski definition) is 4. The average Bonchev–Trinajstić information content (AvgIpc) is 2.63. The van der Waals surface area contributed by atoms with Gasteiger partial charge < -0.3 is 0 Å². The van der Waals surface area contributed by atoms with Gasteiger partial charge >= 0.3 is 0 Å². The van der Waals surface area contributed by atoms with E-state index in [4.69, 9.17) is 0 Å². The Labute approximate surface area is 177 Å². The van der Waals surface area contributed by atoms with Crippen LogP contribution in [0.3, 0.4) is 0 Å². The Bertz CT molecular complexity index is 963. The van der Waals surface area contributed by atoms with Gasteiger partial charge in [0.05, 0.1) is 0 Å². The topological polar surface area (TPSA) is 109 Å². The molecule has 0 saturated heterocycles. The molecule has 0 aliphatic rings. The second-order valence-corrected chi connectivity index (χ2v) is 7.91. The van der Waals surface area contributed by atoms with E-state index in [1.54, 1.807) is 19.1 Å². The molecule has 2 aromatic carbocycles. The fourth-order valence-corrected chi connectivity index (χ4v) is 3.84. The fourth-order valence-electron chi connectivity index (χ4n) is 2.29. The van der Waals surface area contributed by atoms with Crippen molar-refractivity contribution in [1.82, 2.24) is 0 Å². The standard InChI is InChI=1S/C15H16O6S2.2C2H6.2CH4/c1-3-11-5-7-13(15(9-11)23(19,20)21)12-6-4-10(2)8-14(12)22(16,17)18;2*1-2;;/h4-9H,3H2,1-2H3,(H,16,17,18)(H,19,20,21);2*1-2H3;2*1H4. The predicted octanol–water partition coefficient (Wildman–Crippen LogP) is 6.04. The van der Waals surface area contributed by atoms with Crippen molar-refractivity contribution in [3.8, 4) is 11.1 Å². The summed E-state index contributed by atoms with van der Waals surface area (Å²) in [5.41, 5.74) is 1.27. The molecule has 168 valence electrons. The maximum atomic E-state index is 11.7. The Balaban J connectivity index is -0.00000106. The highest BCUT2D eigenvalue weighted by atomic mass is 32.2. The molecule has 0 heterocycles. The zero-order chi connectivity index (χ0) is 21.4. The Morgan fingerprint density at radius 1 is 0.724 bits per heavy atom. The molecule has 0 saturated carbocycles. The van der Waals surface area contributed by atoms with Gasteiger partial charge in [-0.15, -0.1) is 0 Å². The van der Waals surface area contributed by atoms with Crippen molar-refractivity contribution >= 4 is 20.2 Å². The first-order valence-electron chi connectivity index (χ1n) is 8.73. The largest absolute Gasteiger partial charge is 0.295 e. The Hall–Kier alpha value is -1.74. The molecule has 2 N–H and O–H groups in total. The molecule has 2 aromatic rings. The van der Waals surface area contributed by atoms with Crippen molar-refractivity contribution in [1.29, 1.82) is 0 Å². The van der Waals surface area contributed by atoms with Crippen LogP contribution in [0.4, 0.5) is 0 Å². The summed E-state index contributed by atoms with van der Waals surface area (Å²) in [5, 5.41) is 0. The minimum absolute atomic E-state index is 0. The molecule has 0 unspecified atom stereocenters. The minimum Gasteiger partial charge on any atom is -0.282 e. The van der Waals surface area contributed by atoms with Crippen molar-refractivity contribution < 1.29 is 25.9 Å². The van der Waals surface area contributed by atoms with Crippen LogP contribution in [0, 0.1) is 6.92 Å². The summed E-state index contributed by atoms with van der Waals surface area (Å²) in [6.45, 7) is 11.5. The molecule has 0 atom stereocenters. The lowest BCUT2D eigenvalue weighted by molar-refractivity contribution is 0.480. The number of hydrogen-bond donors (Lipinski definition) is 2. The van der Waals surface area contributed by atoms with Crippen LogP contribution in [0.1, 0.15) is 60.6 Å². The van der Waals surface area contributed by atoms with Crippen molar-refractivity contribution in [2.24, 2.45) is 0 Å². The highest BCUT2D eigenvalue weighted by Gasteiger charge is 2.23. The van der Waals surface area contributed by atoms with Gasteiger partial charge in [-0.1, -0.05) is 73.7 Å². The molecule has 8 heteroatoms. The number of benzene rings is 2. The van der Waals surface area contributed by atoms with E-state index in [2.05, 4.69) is 0 Å². The van der Waals surface area contributed by atoms with E-state index in [-0.39, 0.29) is 26.0 Å². The fraction of sp³-hybridized carbons (Fsp3) is 0.429. The third-order valence-electron chi connectivity index (χ3n) is 3.44. The molecular weight excluding hydrogens is 412 g/mol. The summed E-state index contributed by atoms with van der Waals surface area (Å²) in [6.07, 6.45) is 0.544. The van der Waals surface area contributed by atoms with E-state index in [1.807, 2.05) is 34.6 Å². The quantitative estimate of drug-likeness (QED) is 0.552. The van der Waals surface area contributed by atoms with Crippen molar-refractivity contribution in [2.45, 2.75) is 72.6 Å². The van der Waals surface area contributed by atoms with E-state index in [1.165, 1.54) is 24.3 Å². The van der Waals surface area contributed by atoms with E-state index in [0.29, 0.717) is 17.5 Å². The molecule has 0 spiro atoms. The van der Waals surface area contributed by atoms with Crippen LogP contribution in [-0.2, 0) is 26.7 Å². The van der Waals surface area contributed by atoms with E-state index < -0.39 is 30.0 Å². The first-order valence-corrected chi connectivity index (χ1v) is 11.6. The van der Waals surface area contributed by atoms with Gasteiger partial charge in [0.25, 0.3) is 20.2 Å². The predicted molar refractivity (Wildman–Crippen MR) is 122 cm³/mol. The zero-order valence-electron chi connectivity index (χ0n) is 16.5. The summed E-state index contributed by atoms with van der Waals surface area (Å²) < 4.78 is 65.4. The molecule has 0 radical (unpaired) electrons. The molecule has 0 bridgehead atoms. The molecule has 0 fully saturated rings. The molecule has 2 rings (SSSR count). The van der Waals surface area contributed by atoms with Gasteiger partial charge in [-0.3, -0.25) is 9.11 Å². The van der Waals surface area contributed by atoms with Gasteiger partial charge in [0.1, 0.15) is 9.79 Å². The summed E-state index contributed by atoms with van der Waals surface area (Å²) in [6, 6.07) is 8.57. The average molecular weight is 449 g/mol. The Morgan fingerprint density at radius 3 is 1.48 bits per heavy atom. The van der Waals surface area contributed by atoms with Gasteiger partial charge in [-0.25, -0.2) is 0 Å². The van der Waals surface area contributed by atoms with Crippen LogP contribution in [-0.4, -0.2) is 25.9 Å². The first-order chi connectivity index (χ1) is 12.5. The van der Waals surface area contributed by atoms with E-state index >= 15 is 0 Å². The lowest BCUT2D eigenvalue weighted by atomic mass is 10.0. The maximum Gasteiger partial charge on any atom is 0.295 e. The molecule has 29 heavy (non-hydrogen) atoms. The summed E-state index contributed by atoms with van der Waals surface area (Å²) in [5.74, 6) is 0. The summed E-state index contributed by atoms with van der Waals surface area (Å²) in [7, 11) is -9.12. The first kappa shape index (κ1) is 31.9. The smallest absolute Gasteiger partial charge is 0.282 e. The minimum atomic E-state index is -4.56. The maximum absolute atomic E-state index is 11.7. The summed E-state index contributed by atoms with van der Waals surface area (Å²) >= 11 is 0. The highest BCUT2D eigenvalue weighted by Crippen LogP contribution is 2.33. The van der Waals surface area contributed by atoms with Crippen LogP contribution < -0.4 is 0 Å². The van der Waals surface area contributed by atoms with Gasteiger partial charge in [-0.2, -0.15) is 16.8 Å². The summed E-state index contributed by atoms with van der Waals surface area (Å²) in [4.78, 5) is -0.808. The zero-order valence-corrected chi connectivity index (χ0v) is 18.1. The lowest BCUT2D eigenvalue weighted by Gasteiger charge is -2.13. The normalized spacial score (nSPS) is 10.2. The molecule has 0 aliphatic heterocycles. The molecule has 0 amide bonds. The molecular formula is C21H36O6S2. The molecule has 0 aromatic heterocycles.